The van der Waals surface area contributed by atoms with Crippen LogP contribution in [-0.4, -0.2) is 0 Å². The van der Waals surface area contributed by atoms with Gasteiger partial charge in [0.2, 0.25) is 0 Å². The van der Waals surface area contributed by atoms with Crippen LogP contribution in [0, 0.1) is 5.16 Å². The van der Waals surface area contributed by atoms with Gasteiger partial charge >= 0.3 is 0 Å². The molecule has 0 saturated heterocycles. The van der Waals surface area contributed by atoms with Gasteiger partial charge in [0.05, 0.1) is 0 Å². The molecule has 0 aliphatic carbocycles. The Morgan fingerprint density at radius 3 is 1.43 bits per heavy atom. The molecular weight excluding hydrogens is 200 g/mol. The first-order chi connectivity index (χ1) is 2.94. The van der Waals surface area contributed by atoms with Gasteiger partial charge in [-0.05, 0) is 6.99 Å². The van der Waals surface area contributed by atoms with E-state index in [1.165, 1.54) is 0 Å². The van der Waals surface area contributed by atoms with E-state index < -0.39 is 6.12 Å². The van der Waals surface area contributed by atoms with Crippen LogP contribution in [0.3, 0.4) is 0 Å². The van der Waals surface area contributed by atoms with Crippen LogP contribution < -0.4 is 0 Å². The summed E-state index contributed by atoms with van der Waals surface area (Å²) in [6, 6.07) is 0. The molecule has 7 heavy (non-hydrogen) atoms. The highest BCUT2D eigenvalue weighted by Gasteiger charge is 2.05. The Balaban J connectivity index is 3.80. The van der Waals surface area contributed by atoms with Crippen LogP contribution in [0.1, 0.15) is 0 Å². The van der Waals surface area contributed by atoms with Crippen LogP contribution in [0.2, 0.25) is 0 Å². The van der Waals surface area contributed by atoms with Gasteiger partial charge in [0.25, 0.3) is 0 Å². The lowest BCUT2D eigenvalue weighted by Crippen LogP contribution is -1.27. The molecule has 0 aliphatic heterocycles. The zero-order chi connectivity index (χ0) is 6.08. The van der Waals surface area contributed by atoms with E-state index in [0.717, 1.165) is 0 Å². The molecule has 4 unspecified atom stereocenters. The number of nitrogens with one attached hydrogen (secondary N) is 1. The van der Waals surface area contributed by atoms with Crippen molar-refractivity contribution in [1.82, 2.24) is 0 Å². The number of rotatable bonds is 1. The zero-order valence-electron chi connectivity index (χ0n) is 3.70. The molecule has 0 spiro atoms. The van der Waals surface area contributed by atoms with Crippen LogP contribution in [0.25, 0.3) is 0 Å². The molecule has 0 aliphatic rings. The zero-order valence-corrected chi connectivity index (χ0v) is 10.1. The molecule has 4 atom stereocenters. The molecule has 0 rings (SSSR count). The Bertz CT molecular complexity index is 86.4. The lowest BCUT2D eigenvalue weighted by atomic mass is 14.0. The van der Waals surface area contributed by atoms with Gasteiger partial charge in [-0.1, -0.05) is 17.9 Å². The number of hydrogen-bond acceptors (Lipinski definition) is 1. The normalized spacial score (nSPS) is 12.7. The Morgan fingerprint density at radius 1 is 1.29 bits per heavy atom. The Morgan fingerprint density at radius 2 is 1.43 bits per heavy atom. The van der Waals surface area contributed by atoms with Crippen molar-refractivity contribution in [3.8, 4) is 0 Å². The van der Waals surface area contributed by atoms with Crippen molar-refractivity contribution in [2.24, 2.45) is 0 Å². The molecule has 0 aromatic heterocycles. The summed E-state index contributed by atoms with van der Waals surface area (Å²) in [4.78, 5) is 0. The van der Waals surface area contributed by atoms with Crippen LogP contribution in [0.4, 0.5) is 0 Å². The van der Waals surface area contributed by atoms with Gasteiger partial charge in [-0.3, -0.25) is 0 Å². The minimum Gasteiger partial charge on any atom is -0.306 e. The SMILES string of the molecule is N=P(P)(P)P(P)P. The summed E-state index contributed by atoms with van der Waals surface area (Å²) < 4.78 is 0. The quantitative estimate of drug-likeness (QED) is 0.640. The van der Waals surface area contributed by atoms with Gasteiger partial charge in [-0.2, -0.15) is 0 Å². The van der Waals surface area contributed by atoms with Gasteiger partial charge < -0.3 is 5.16 Å². The maximum absolute atomic E-state index is 7.41. The van der Waals surface area contributed by atoms with E-state index in [0.29, 0.717) is 0 Å². The highest BCUT2D eigenvalue weighted by atomic mass is 33.0. The third-order valence-corrected chi connectivity index (χ3v) is 24.7. The van der Waals surface area contributed by atoms with Crippen molar-refractivity contribution in [2.75, 3.05) is 0 Å². The molecule has 0 aromatic rings. The fourth-order valence-electron chi connectivity index (χ4n) is 0. The number of hydrogen-bond donors (Lipinski definition) is 1. The predicted molar refractivity (Wildman–Crippen MR) is 55.4 cm³/mol. The second kappa shape index (κ2) is 3.52. The Labute approximate surface area is 54.4 Å². The maximum Gasteiger partial charge on any atom is 0.0264 e. The molecule has 0 radical (unpaired) electrons. The molecular formula is H9NP6. The van der Waals surface area contributed by atoms with Crippen LogP contribution in [0.5, 0.6) is 0 Å². The minimum absolute atomic E-state index is 0.204. The molecule has 7 heteroatoms. The van der Waals surface area contributed by atoms with Crippen LogP contribution in [-0.2, 0) is 0 Å². The van der Waals surface area contributed by atoms with E-state index in [1.807, 2.05) is 0 Å². The Kier molecular flexibility index (Phi) is 4.72. The molecule has 0 heterocycles. The van der Waals surface area contributed by atoms with E-state index >= 15 is 0 Å². The molecule has 0 amide bonds. The predicted octanol–water partition coefficient (Wildman–Crippen LogP) is 3.32. The van der Waals surface area contributed by atoms with Gasteiger partial charge in [0, 0.05) is 6.12 Å². The van der Waals surface area contributed by atoms with Crippen molar-refractivity contribution < 1.29 is 0 Å². The lowest BCUT2D eigenvalue weighted by Gasteiger charge is -2.12. The molecule has 0 fully saturated rings. The van der Waals surface area contributed by atoms with E-state index in [2.05, 4.69) is 35.7 Å². The van der Waals surface area contributed by atoms with Crippen molar-refractivity contribution in [3.63, 3.8) is 0 Å². The van der Waals surface area contributed by atoms with E-state index in [4.69, 9.17) is 5.16 Å². The van der Waals surface area contributed by atoms with Crippen LogP contribution >= 0.6 is 48.8 Å². The average Bonchev–Trinajstić information content (AvgIpc) is 1.31. The van der Waals surface area contributed by atoms with Crippen LogP contribution in [0.15, 0.2) is 0 Å². The van der Waals surface area contributed by atoms with E-state index in [1.54, 1.807) is 0 Å². The average molecular weight is 209 g/mol. The summed E-state index contributed by atoms with van der Waals surface area (Å²) in [5, 5.41) is 7.41. The molecule has 44 valence electrons. The first kappa shape index (κ1) is 9.38. The standard InChI is InChI=1S/H9NP6/c1-7(4,5)6(2)3/h1H,2-5H2. The maximum atomic E-state index is 7.41. The fraction of sp³-hybridized carbons (Fsp3) is 0. The largest absolute Gasteiger partial charge is 0.306 e. The monoisotopic (exact) mass is 209 g/mol. The van der Waals surface area contributed by atoms with Gasteiger partial charge in [0.1, 0.15) is 0 Å². The van der Waals surface area contributed by atoms with Gasteiger partial charge in [-0.15, -0.1) is 17.9 Å². The first-order valence-electron chi connectivity index (χ1n) is 1.46. The smallest absolute Gasteiger partial charge is 0.0264 e. The fourth-order valence-corrected chi connectivity index (χ4v) is 0. The molecule has 1 nitrogen and oxygen atoms in total. The van der Waals surface area contributed by atoms with E-state index in [-0.39, 0.29) is 6.99 Å². The Hall–Kier alpha value is 2.38. The third-order valence-electron chi connectivity index (χ3n) is 0.382. The van der Waals surface area contributed by atoms with Crippen molar-refractivity contribution >= 4 is 48.8 Å². The molecule has 1 N–H and O–H groups in total. The summed E-state index contributed by atoms with van der Waals surface area (Å²) in [6.07, 6.45) is -1.41. The summed E-state index contributed by atoms with van der Waals surface area (Å²) in [7, 11) is 10.4. The van der Waals surface area contributed by atoms with Crippen molar-refractivity contribution in [2.45, 2.75) is 0 Å². The second-order valence-electron chi connectivity index (χ2n) is 1.12. The van der Waals surface area contributed by atoms with E-state index in [9.17, 15) is 0 Å². The summed E-state index contributed by atoms with van der Waals surface area (Å²) >= 11 is 0. The summed E-state index contributed by atoms with van der Waals surface area (Å²) in [5.41, 5.74) is 0. The van der Waals surface area contributed by atoms with Gasteiger partial charge in [-0.25, -0.2) is 0 Å². The van der Waals surface area contributed by atoms with Crippen molar-refractivity contribution in [1.29, 1.82) is 5.16 Å². The second-order valence-corrected chi connectivity index (χ2v) is 23.7. The topological polar surface area (TPSA) is 23.9 Å². The molecule has 0 aromatic carbocycles. The summed E-state index contributed by atoms with van der Waals surface area (Å²) in [5.74, 6) is 0. The third kappa shape index (κ3) is 4.86. The summed E-state index contributed by atoms with van der Waals surface area (Å²) in [6.45, 7) is -0.204. The highest BCUT2D eigenvalue weighted by molar-refractivity contribution is 8.95. The van der Waals surface area contributed by atoms with Gasteiger partial charge in [0.15, 0.2) is 0 Å². The van der Waals surface area contributed by atoms with Crippen molar-refractivity contribution in [3.05, 3.63) is 0 Å². The molecule has 0 bridgehead atoms. The lowest BCUT2D eigenvalue weighted by molar-refractivity contribution is 1.65. The first-order valence-corrected chi connectivity index (χ1v) is 11.8. The molecule has 0 saturated carbocycles. The highest BCUT2D eigenvalue weighted by Crippen LogP contribution is 2.93. The minimum atomic E-state index is -1.41.